The van der Waals surface area contributed by atoms with E-state index >= 15 is 0 Å². The van der Waals surface area contributed by atoms with Crippen LogP contribution in [0, 0.1) is 0 Å². The second-order valence-electron chi connectivity index (χ2n) is 11.7. The topological polar surface area (TPSA) is 13.1 Å². The summed E-state index contributed by atoms with van der Waals surface area (Å²) >= 11 is 1.87. The van der Waals surface area contributed by atoms with Gasteiger partial charge in [0.2, 0.25) is 0 Å². The maximum atomic E-state index is 6.37. The van der Waals surface area contributed by atoms with Gasteiger partial charge >= 0.3 is 0 Å². The van der Waals surface area contributed by atoms with Gasteiger partial charge in [-0.2, -0.15) is 0 Å². The van der Waals surface area contributed by atoms with Crippen LogP contribution in [0.2, 0.25) is 0 Å². The first kappa shape index (κ1) is 24.0. The van der Waals surface area contributed by atoms with Crippen LogP contribution in [0.15, 0.2) is 150 Å². The fourth-order valence-electron chi connectivity index (χ4n) is 7.20. The van der Waals surface area contributed by atoms with Crippen LogP contribution >= 0.6 is 11.3 Å². The van der Waals surface area contributed by atoms with E-state index in [-0.39, 0.29) is 0 Å². The van der Waals surface area contributed by atoms with Crippen molar-refractivity contribution in [2.24, 2.45) is 0 Å². The average molecular weight is 577 g/mol. The highest BCUT2D eigenvalue weighted by Gasteiger charge is 2.15. The molecule has 0 bridgehead atoms. The summed E-state index contributed by atoms with van der Waals surface area (Å²) in [5, 5.41) is 12.5. The number of furan rings is 1. The van der Waals surface area contributed by atoms with Crippen LogP contribution in [0.4, 0.5) is 0 Å². The minimum atomic E-state index is 0.939. The van der Waals surface area contributed by atoms with Crippen LogP contribution in [0.5, 0.6) is 0 Å². The second-order valence-corrected chi connectivity index (χ2v) is 12.7. The van der Waals surface area contributed by atoms with Crippen molar-refractivity contribution in [1.29, 1.82) is 0 Å². The first-order valence-electron chi connectivity index (χ1n) is 15.0. The van der Waals surface area contributed by atoms with E-state index in [4.69, 9.17) is 4.42 Å². The molecule has 0 saturated carbocycles. The summed E-state index contributed by atoms with van der Waals surface area (Å²) in [5.41, 5.74) is 6.92. The predicted molar refractivity (Wildman–Crippen MR) is 190 cm³/mol. The average Bonchev–Trinajstić information content (AvgIpc) is 3.65. The quantitative estimate of drug-likeness (QED) is 0.187. The Balaban J connectivity index is 1.11. The third-order valence-electron chi connectivity index (χ3n) is 9.25. The molecule has 0 N–H and O–H groups in total. The van der Waals surface area contributed by atoms with Gasteiger partial charge in [-0.15, -0.1) is 11.3 Å². The number of hydrogen-bond donors (Lipinski definition) is 0. The van der Waals surface area contributed by atoms with Crippen LogP contribution in [-0.4, -0.2) is 0 Å². The van der Waals surface area contributed by atoms with E-state index in [1.807, 2.05) is 17.4 Å². The van der Waals surface area contributed by atoms with E-state index in [1.165, 1.54) is 85.5 Å². The van der Waals surface area contributed by atoms with Gasteiger partial charge in [-0.25, -0.2) is 0 Å². The normalized spacial score (nSPS) is 12.1. The Bertz CT molecular complexity index is 2710. The first-order valence-corrected chi connectivity index (χ1v) is 15.8. The van der Waals surface area contributed by atoms with Crippen molar-refractivity contribution in [1.82, 2.24) is 0 Å². The van der Waals surface area contributed by atoms with Crippen molar-refractivity contribution < 1.29 is 4.42 Å². The number of hydrogen-bond acceptors (Lipinski definition) is 2. The molecule has 204 valence electrons. The number of rotatable bonds is 2. The monoisotopic (exact) mass is 576 g/mol. The molecule has 0 aliphatic heterocycles. The fourth-order valence-corrected chi connectivity index (χ4v) is 8.36. The lowest BCUT2D eigenvalue weighted by molar-refractivity contribution is 0.672. The zero-order chi connectivity index (χ0) is 28.8. The number of benzene rings is 8. The van der Waals surface area contributed by atoms with Gasteiger partial charge in [0.1, 0.15) is 11.2 Å². The van der Waals surface area contributed by atoms with Gasteiger partial charge < -0.3 is 4.42 Å². The zero-order valence-electron chi connectivity index (χ0n) is 23.7. The molecule has 0 aliphatic carbocycles. The van der Waals surface area contributed by atoms with Crippen molar-refractivity contribution in [3.63, 3.8) is 0 Å². The second kappa shape index (κ2) is 9.03. The van der Waals surface area contributed by atoms with E-state index in [0.717, 1.165) is 11.2 Å². The Morgan fingerprint density at radius 3 is 1.77 bits per heavy atom. The molecule has 0 fully saturated rings. The lowest BCUT2D eigenvalue weighted by Gasteiger charge is -2.13. The van der Waals surface area contributed by atoms with E-state index in [1.54, 1.807) is 0 Å². The van der Waals surface area contributed by atoms with Crippen LogP contribution in [0.3, 0.4) is 0 Å². The molecule has 10 rings (SSSR count). The van der Waals surface area contributed by atoms with Crippen molar-refractivity contribution >= 4 is 85.8 Å². The summed E-state index contributed by atoms with van der Waals surface area (Å²) in [5.74, 6) is 0. The van der Waals surface area contributed by atoms with Crippen LogP contribution < -0.4 is 0 Å². The molecule has 2 heteroatoms. The molecule has 0 unspecified atom stereocenters. The molecule has 10 aromatic rings. The van der Waals surface area contributed by atoms with Gasteiger partial charge in [0.15, 0.2) is 0 Å². The highest BCUT2D eigenvalue weighted by molar-refractivity contribution is 7.26. The summed E-state index contributed by atoms with van der Waals surface area (Å²) in [4.78, 5) is 0. The molecule has 0 aliphatic rings. The minimum absolute atomic E-state index is 0.939. The molecule has 0 radical (unpaired) electrons. The van der Waals surface area contributed by atoms with Crippen molar-refractivity contribution in [3.05, 3.63) is 146 Å². The number of thiophene rings is 1. The SMILES string of the molecule is c1ccc2c(-c3ccc(-c4ccc5c(c4)sc4ccc6c(ccc7c8ccccc8oc76)c45)cc3)c3ccccc3cc2c1. The van der Waals surface area contributed by atoms with Gasteiger partial charge in [0.25, 0.3) is 0 Å². The zero-order valence-corrected chi connectivity index (χ0v) is 24.5. The van der Waals surface area contributed by atoms with E-state index in [2.05, 4.69) is 140 Å². The summed E-state index contributed by atoms with van der Waals surface area (Å²) < 4.78 is 8.98. The third kappa shape index (κ3) is 3.40. The largest absolute Gasteiger partial charge is 0.455 e. The van der Waals surface area contributed by atoms with Gasteiger partial charge in [-0.1, -0.05) is 109 Å². The maximum Gasteiger partial charge on any atom is 0.143 e. The number of fused-ring (bicyclic) bond motifs is 11. The van der Waals surface area contributed by atoms with Crippen LogP contribution in [-0.2, 0) is 0 Å². The molecule has 44 heavy (non-hydrogen) atoms. The summed E-state index contributed by atoms with van der Waals surface area (Å²) in [6, 6.07) is 53.1. The molecular formula is C42H24OS. The first-order chi connectivity index (χ1) is 21.8. The number of para-hydroxylation sites is 1. The lowest BCUT2D eigenvalue weighted by atomic mass is 9.91. The summed E-state index contributed by atoms with van der Waals surface area (Å²) in [7, 11) is 0. The Hall–Kier alpha value is -5.44. The van der Waals surface area contributed by atoms with Crippen molar-refractivity contribution in [2.75, 3.05) is 0 Å². The van der Waals surface area contributed by atoms with Crippen molar-refractivity contribution in [3.8, 4) is 22.3 Å². The Morgan fingerprint density at radius 2 is 0.977 bits per heavy atom. The lowest BCUT2D eigenvalue weighted by Crippen LogP contribution is -1.86. The summed E-state index contributed by atoms with van der Waals surface area (Å²) in [6.07, 6.45) is 0. The van der Waals surface area contributed by atoms with Crippen LogP contribution in [0.25, 0.3) is 96.7 Å². The Kier molecular flexibility index (Phi) is 4.94. The molecule has 2 heterocycles. The van der Waals surface area contributed by atoms with E-state index < -0.39 is 0 Å². The third-order valence-corrected chi connectivity index (χ3v) is 10.4. The molecule has 0 amide bonds. The van der Waals surface area contributed by atoms with Crippen molar-refractivity contribution in [2.45, 2.75) is 0 Å². The van der Waals surface area contributed by atoms with E-state index in [9.17, 15) is 0 Å². The molecule has 8 aromatic carbocycles. The van der Waals surface area contributed by atoms with Gasteiger partial charge in [-0.05, 0) is 85.6 Å². The van der Waals surface area contributed by atoms with Gasteiger partial charge in [0.05, 0.1) is 0 Å². The fraction of sp³-hybridized carbons (Fsp3) is 0. The van der Waals surface area contributed by atoms with Crippen LogP contribution in [0.1, 0.15) is 0 Å². The molecule has 0 atom stereocenters. The van der Waals surface area contributed by atoms with Gasteiger partial charge in [0, 0.05) is 36.3 Å². The Morgan fingerprint density at radius 1 is 0.386 bits per heavy atom. The predicted octanol–water partition coefficient (Wildman–Crippen LogP) is 12.7. The Labute approximate surface area is 257 Å². The maximum absolute atomic E-state index is 6.37. The smallest absolute Gasteiger partial charge is 0.143 e. The van der Waals surface area contributed by atoms with Gasteiger partial charge in [-0.3, -0.25) is 0 Å². The molecule has 1 nitrogen and oxygen atoms in total. The molecular weight excluding hydrogens is 553 g/mol. The minimum Gasteiger partial charge on any atom is -0.455 e. The highest BCUT2D eigenvalue weighted by atomic mass is 32.1. The summed E-state index contributed by atoms with van der Waals surface area (Å²) in [6.45, 7) is 0. The van der Waals surface area contributed by atoms with E-state index in [0.29, 0.717) is 0 Å². The highest BCUT2D eigenvalue weighted by Crippen LogP contribution is 2.43. The molecule has 2 aromatic heterocycles. The molecule has 0 spiro atoms. The molecule has 0 saturated heterocycles. The standard InChI is InChI=1S/C42H24OS/c1-3-9-30-28(7-1)23-29-8-2-4-10-31(29)40(30)26-15-13-25(14-16-26)27-17-18-36-39(24-27)44-38-22-21-35-33(41(36)38)19-20-34-32-11-5-6-12-37(32)43-42(34)35/h1-24H.